The molecule has 152 valence electrons. The number of thiazole rings is 1. The molecular formula is C21H24N4O3S. The molecule has 4 amide bonds. The molecule has 1 aliphatic heterocycles. The van der Waals surface area contributed by atoms with Gasteiger partial charge in [-0.2, -0.15) is 0 Å². The number of benzene rings is 1. The highest BCUT2D eigenvalue weighted by Gasteiger charge is 2.55. The van der Waals surface area contributed by atoms with Crippen LogP contribution in [0.15, 0.2) is 29.6 Å². The average molecular weight is 413 g/mol. The summed E-state index contributed by atoms with van der Waals surface area (Å²) in [6.07, 6.45) is 3.48. The molecule has 2 heterocycles. The molecule has 2 aliphatic rings. The third kappa shape index (κ3) is 3.64. The summed E-state index contributed by atoms with van der Waals surface area (Å²) in [5, 5.41) is 7.88. The Kier molecular flexibility index (Phi) is 5.12. The highest BCUT2D eigenvalue weighted by molar-refractivity contribution is 7.14. The summed E-state index contributed by atoms with van der Waals surface area (Å²) in [6.45, 7) is 3.70. The van der Waals surface area contributed by atoms with Crippen LogP contribution in [0.4, 0.5) is 9.93 Å². The van der Waals surface area contributed by atoms with Gasteiger partial charge in [0.2, 0.25) is 5.91 Å². The lowest BCUT2D eigenvalue weighted by Gasteiger charge is -2.36. The van der Waals surface area contributed by atoms with E-state index in [9.17, 15) is 14.4 Å². The number of hydrogen-bond acceptors (Lipinski definition) is 5. The van der Waals surface area contributed by atoms with E-state index < -0.39 is 17.5 Å². The third-order valence-corrected chi connectivity index (χ3v) is 6.66. The second-order valence-corrected chi connectivity index (χ2v) is 8.75. The van der Waals surface area contributed by atoms with Gasteiger partial charge in [-0.05, 0) is 25.7 Å². The lowest BCUT2D eigenvalue weighted by molar-refractivity contribution is -0.136. The van der Waals surface area contributed by atoms with Gasteiger partial charge in [-0.1, -0.05) is 49.6 Å². The minimum Gasteiger partial charge on any atom is -0.323 e. The number of aryl methyl sites for hydroxylation is 1. The predicted molar refractivity (Wildman–Crippen MR) is 112 cm³/mol. The van der Waals surface area contributed by atoms with Gasteiger partial charge in [0.1, 0.15) is 12.1 Å². The van der Waals surface area contributed by atoms with E-state index in [0.717, 1.165) is 41.0 Å². The van der Waals surface area contributed by atoms with Crippen molar-refractivity contribution in [1.82, 2.24) is 15.2 Å². The fourth-order valence-electron chi connectivity index (χ4n) is 4.13. The molecule has 4 rings (SSSR count). The van der Waals surface area contributed by atoms with Gasteiger partial charge in [-0.25, -0.2) is 9.78 Å². The fourth-order valence-corrected chi connectivity index (χ4v) is 4.87. The Labute approximate surface area is 173 Å². The number of urea groups is 1. The highest BCUT2D eigenvalue weighted by Crippen LogP contribution is 2.38. The van der Waals surface area contributed by atoms with E-state index in [1.807, 2.05) is 43.5 Å². The Morgan fingerprint density at radius 2 is 2.07 bits per heavy atom. The summed E-state index contributed by atoms with van der Waals surface area (Å²) in [5.41, 5.74) is 2.05. The first-order valence-corrected chi connectivity index (χ1v) is 10.7. The van der Waals surface area contributed by atoms with Crippen LogP contribution in [-0.2, 0) is 9.59 Å². The lowest BCUT2D eigenvalue weighted by atomic mass is 9.73. The topological polar surface area (TPSA) is 91.4 Å². The van der Waals surface area contributed by atoms with Crippen LogP contribution >= 0.6 is 11.3 Å². The van der Waals surface area contributed by atoms with Gasteiger partial charge in [-0.3, -0.25) is 14.5 Å². The largest absolute Gasteiger partial charge is 0.325 e. The van der Waals surface area contributed by atoms with Gasteiger partial charge in [0, 0.05) is 10.9 Å². The van der Waals surface area contributed by atoms with Crippen molar-refractivity contribution in [3.05, 3.63) is 35.2 Å². The van der Waals surface area contributed by atoms with Crippen LogP contribution in [0, 0.1) is 12.8 Å². The first-order chi connectivity index (χ1) is 13.9. The van der Waals surface area contributed by atoms with Crippen LogP contribution in [0.5, 0.6) is 0 Å². The van der Waals surface area contributed by atoms with Crippen molar-refractivity contribution in [2.45, 2.75) is 45.1 Å². The number of anilines is 1. The number of aromatic nitrogens is 1. The summed E-state index contributed by atoms with van der Waals surface area (Å²) in [4.78, 5) is 43.3. The van der Waals surface area contributed by atoms with Crippen molar-refractivity contribution in [1.29, 1.82) is 0 Å². The highest BCUT2D eigenvalue weighted by atomic mass is 32.1. The zero-order valence-corrected chi connectivity index (χ0v) is 17.3. The lowest BCUT2D eigenvalue weighted by Crippen LogP contribution is -2.54. The zero-order chi connectivity index (χ0) is 20.6. The number of hydrogen-bond donors (Lipinski definition) is 2. The molecule has 2 N–H and O–H groups in total. The Morgan fingerprint density at radius 1 is 1.31 bits per heavy atom. The van der Waals surface area contributed by atoms with Gasteiger partial charge in [0.15, 0.2) is 5.13 Å². The van der Waals surface area contributed by atoms with Crippen molar-refractivity contribution in [2.24, 2.45) is 5.92 Å². The molecule has 7 nitrogen and oxygen atoms in total. The molecular weight excluding hydrogens is 388 g/mol. The number of rotatable bonds is 4. The SMILES string of the molecule is Cc1ccc(-c2csc(NC(=O)CN3C(=O)N[C@@]4(CCCC[C@H]4C)C3=O)n2)cc1. The van der Waals surface area contributed by atoms with Gasteiger partial charge in [-0.15, -0.1) is 11.3 Å². The first kappa shape index (κ1) is 19.6. The Hall–Kier alpha value is -2.74. The maximum absolute atomic E-state index is 13.0. The molecule has 2 aromatic rings. The Morgan fingerprint density at radius 3 is 2.79 bits per heavy atom. The summed E-state index contributed by atoms with van der Waals surface area (Å²) >= 11 is 1.31. The second kappa shape index (κ2) is 7.59. The van der Waals surface area contributed by atoms with Gasteiger partial charge >= 0.3 is 6.03 Å². The molecule has 29 heavy (non-hydrogen) atoms. The van der Waals surface area contributed by atoms with Crippen molar-refractivity contribution >= 4 is 34.3 Å². The number of carbonyl (C=O) groups is 3. The molecule has 8 heteroatoms. The van der Waals surface area contributed by atoms with E-state index in [4.69, 9.17) is 0 Å². The van der Waals surface area contributed by atoms with E-state index in [1.54, 1.807) is 0 Å². The van der Waals surface area contributed by atoms with Crippen molar-refractivity contribution in [3.63, 3.8) is 0 Å². The van der Waals surface area contributed by atoms with E-state index in [-0.39, 0.29) is 18.4 Å². The van der Waals surface area contributed by atoms with E-state index in [1.165, 1.54) is 11.3 Å². The van der Waals surface area contributed by atoms with Crippen LogP contribution in [0.2, 0.25) is 0 Å². The maximum atomic E-state index is 13.0. The molecule has 1 aromatic heterocycles. The Bertz CT molecular complexity index is 955. The van der Waals surface area contributed by atoms with Crippen LogP contribution < -0.4 is 10.6 Å². The van der Waals surface area contributed by atoms with Crippen LogP contribution in [0.3, 0.4) is 0 Å². The third-order valence-electron chi connectivity index (χ3n) is 5.90. The number of nitrogens with one attached hydrogen (secondary N) is 2. The maximum Gasteiger partial charge on any atom is 0.325 e. The summed E-state index contributed by atoms with van der Waals surface area (Å²) in [6, 6.07) is 7.49. The molecule has 1 spiro atoms. The van der Waals surface area contributed by atoms with Gasteiger partial charge in [0.25, 0.3) is 5.91 Å². The summed E-state index contributed by atoms with van der Waals surface area (Å²) in [7, 11) is 0. The van der Waals surface area contributed by atoms with Crippen molar-refractivity contribution in [3.8, 4) is 11.3 Å². The van der Waals surface area contributed by atoms with Crippen molar-refractivity contribution in [2.75, 3.05) is 11.9 Å². The molecule has 2 atom stereocenters. The Balaban J connectivity index is 1.42. The molecule has 1 aromatic carbocycles. The normalized spacial score (nSPS) is 24.1. The number of nitrogens with zero attached hydrogens (tertiary/aromatic N) is 2. The number of amides is 4. The summed E-state index contributed by atoms with van der Waals surface area (Å²) < 4.78 is 0. The molecule has 1 saturated heterocycles. The van der Waals surface area contributed by atoms with Crippen molar-refractivity contribution < 1.29 is 14.4 Å². The standard InChI is InChI=1S/C21H24N4O3S/c1-13-6-8-15(9-7-13)16-12-29-19(22-16)23-17(26)11-25-18(27)21(24-20(25)28)10-4-3-5-14(21)2/h6-9,12,14H,3-5,10-11H2,1-2H3,(H,24,28)(H,22,23,26)/t14-,21-/m1/s1. The predicted octanol–water partition coefficient (Wildman–Crippen LogP) is 3.56. The summed E-state index contributed by atoms with van der Waals surface area (Å²) in [5.74, 6) is -0.653. The van der Waals surface area contributed by atoms with Crippen LogP contribution in [0.25, 0.3) is 11.3 Å². The average Bonchev–Trinajstić information content (AvgIpc) is 3.24. The minimum atomic E-state index is -0.852. The molecule has 2 fully saturated rings. The monoisotopic (exact) mass is 412 g/mol. The van der Waals surface area contributed by atoms with E-state index in [0.29, 0.717) is 11.6 Å². The molecule has 0 radical (unpaired) electrons. The van der Waals surface area contributed by atoms with Crippen LogP contribution in [0.1, 0.15) is 38.2 Å². The van der Waals surface area contributed by atoms with E-state index >= 15 is 0 Å². The zero-order valence-electron chi connectivity index (χ0n) is 16.5. The van der Waals surface area contributed by atoms with Crippen LogP contribution in [-0.4, -0.2) is 39.8 Å². The van der Waals surface area contributed by atoms with Gasteiger partial charge in [0.05, 0.1) is 5.69 Å². The molecule has 0 bridgehead atoms. The smallest absolute Gasteiger partial charge is 0.323 e. The fraction of sp³-hybridized carbons (Fsp3) is 0.429. The molecule has 0 unspecified atom stereocenters. The molecule has 1 aliphatic carbocycles. The van der Waals surface area contributed by atoms with E-state index in [2.05, 4.69) is 15.6 Å². The van der Waals surface area contributed by atoms with Gasteiger partial charge < -0.3 is 10.6 Å². The quantitative estimate of drug-likeness (QED) is 0.751. The first-order valence-electron chi connectivity index (χ1n) is 9.85. The number of carbonyl (C=O) groups excluding carboxylic acids is 3. The second-order valence-electron chi connectivity index (χ2n) is 7.89. The molecule has 1 saturated carbocycles. The number of imide groups is 1. The minimum absolute atomic E-state index is 0.0665.